The number of hydrogen-bond donors (Lipinski definition) is 0. The van der Waals surface area contributed by atoms with Gasteiger partial charge in [-0.2, -0.15) is 0 Å². The van der Waals surface area contributed by atoms with Crippen LogP contribution < -0.4 is 4.74 Å². The summed E-state index contributed by atoms with van der Waals surface area (Å²) in [5, 5.41) is 0. The molecule has 0 aliphatic carbocycles. The number of ether oxygens (including phenoxy) is 1. The van der Waals surface area contributed by atoms with Gasteiger partial charge in [-0.3, -0.25) is 9.69 Å². The zero-order valence-electron chi connectivity index (χ0n) is 17.4. The van der Waals surface area contributed by atoms with Gasteiger partial charge in [-0.1, -0.05) is 68.2 Å². The summed E-state index contributed by atoms with van der Waals surface area (Å²) in [6, 6.07) is 14.5. The molecule has 0 aromatic heterocycles. The van der Waals surface area contributed by atoms with Gasteiger partial charge in [0.1, 0.15) is 10.1 Å². The summed E-state index contributed by atoms with van der Waals surface area (Å²) < 4.78 is 6.17. The summed E-state index contributed by atoms with van der Waals surface area (Å²) in [5.74, 6) is 1.24. The lowest BCUT2D eigenvalue weighted by Gasteiger charge is -2.15. The standard InChI is InChI=1S/C24H27NO2S2/c1-16(2)20-14-19(17(3)13-21(20)27-4)15-22-23(26)25(24(28)29-22)12-8-11-18-9-6-5-7-10-18/h5-7,9-10,13-16H,8,11-12H2,1-4H3. The predicted octanol–water partition coefficient (Wildman–Crippen LogP) is 5.96. The second-order valence-electron chi connectivity index (χ2n) is 7.53. The van der Waals surface area contributed by atoms with Crippen LogP contribution in [0.2, 0.25) is 0 Å². The van der Waals surface area contributed by atoms with E-state index in [2.05, 4.69) is 32.0 Å². The lowest BCUT2D eigenvalue weighted by molar-refractivity contribution is -0.122. The molecule has 0 saturated carbocycles. The minimum atomic E-state index is 0.00868. The number of nitrogens with zero attached hydrogens (tertiary/aromatic N) is 1. The second kappa shape index (κ2) is 9.59. The van der Waals surface area contributed by atoms with E-state index in [0.717, 1.165) is 35.3 Å². The fourth-order valence-corrected chi connectivity index (χ4v) is 4.72. The van der Waals surface area contributed by atoms with Crippen LogP contribution in [0.5, 0.6) is 5.75 Å². The molecule has 5 heteroatoms. The molecule has 1 amide bonds. The van der Waals surface area contributed by atoms with Gasteiger partial charge < -0.3 is 4.74 Å². The topological polar surface area (TPSA) is 29.5 Å². The highest BCUT2D eigenvalue weighted by Crippen LogP contribution is 2.35. The van der Waals surface area contributed by atoms with E-state index in [0.29, 0.717) is 21.7 Å². The molecule has 0 spiro atoms. The number of thioether (sulfide) groups is 1. The second-order valence-corrected chi connectivity index (χ2v) is 9.20. The molecule has 2 aromatic carbocycles. The first-order valence-corrected chi connectivity index (χ1v) is 11.1. The van der Waals surface area contributed by atoms with Crippen molar-refractivity contribution < 1.29 is 9.53 Å². The van der Waals surface area contributed by atoms with Crippen LogP contribution in [0.1, 0.15) is 48.4 Å². The lowest BCUT2D eigenvalue weighted by Crippen LogP contribution is -2.29. The maximum atomic E-state index is 12.9. The fourth-order valence-electron chi connectivity index (χ4n) is 3.42. The van der Waals surface area contributed by atoms with Crippen molar-refractivity contribution >= 4 is 40.3 Å². The first-order chi connectivity index (χ1) is 13.9. The number of rotatable bonds is 7. The Morgan fingerprint density at radius 2 is 1.93 bits per heavy atom. The van der Waals surface area contributed by atoms with E-state index < -0.39 is 0 Å². The molecule has 1 aliphatic rings. The van der Waals surface area contributed by atoms with Gasteiger partial charge in [-0.05, 0) is 66.1 Å². The van der Waals surface area contributed by atoms with Crippen molar-refractivity contribution in [2.45, 2.75) is 39.5 Å². The van der Waals surface area contributed by atoms with Crippen molar-refractivity contribution in [3.05, 3.63) is 69.6 Å². The lowest BCUT2D eigenvalue weighted by atomic mass is 9.96. The van der Waals surface area contributed by atoms with Gasteiger partial charge in [-0.25, -0.2) is 0 Å². The van der Waals surface area contributed by atoms with E-state index in [1.54, 1.807) is 12.0 Å². The molecule has 3 rings (SSSR count). The van der Waals surface area contributed by atoms with E-state index in [-0.39, 0.29) is 5.91 Å². The molecule has 1 saturated heterocycles. The van der Waals surface area contributed by atoms with Crippen molar-refractivity contribution in [2.24, 2.45) is 0 Å². The first kappa shape index (κ1) is 21.6. The van der Waals surface area contributed by atoms with Gasteiger partial charge in [-0.15, -0.1) is 0 Å². The summed E-state index contributed by atoms with van der Waals surface area (Å²) in [6.07, 6.45) is 3.80. The largest absolute Gasteiger partial charge is 0.496 e. The zero-order chi connectivity index (χ0) is 21.0. The molecule has 1 heterocycles. The number of benzene rings is 2. The van der Waals surface area contributed by atoms with Gasteiger partial charge in [0.15, 0.2) is 0 Å². The van der Waals surface area contributed by atoms with Crippen LogP contribution in [0.3, 0.4) is 0 Å². The van der Waals surface area contributed by atoms with Gasteiger partial charge in [0.25, 0.3) is 5.91 Å². The summed E-state index contributed by atoms with van der Waals surface area (Å²) in [6.45, 7) is 6.97. The quantitative estimate of drug-likeness (QED) is 0.404. The van der Waals surface area contributed by atoms with Crippen LogP contribution in [-0.4, -0.2) is 28.8 Å². The van der Waals surface area contributed by atoms with Crippen LogP contribution in [-0.2, 0) is 11.2 Å². The Morgan fingerprint density at radius 1 is 1.21 bits per heavy atom. The molecular weight excluding hydrogens is 398 g/mol. The highest BCUT2D eigenvalue weighted by Gasteiger charge is 2.31. The Kier molecular flexibility index (Phi) is 7.14. The van der Waals surface area contributed by atoms with E-state index in [9.17, 15) is 4.79 Å². The van der Waals surface area contributed by atoms with Crippen molar-refractivity contribution in [3.63, 3.8) is 0 Å². The number of methoxy groups -OCH3 is 1. The molecule has 1 aliphatic heterocycles. The summed E-state index contributed by atoms with van der Waals surface area (Å²) >= 11 is 6.88. The monoisotopic (exact) mass is 425 g/mol. The van der Waals surface area contributed by atoms with E-state index in [1.807, 2.05) is 37.3 Å². The van der Waals surface area contributed by atoms with Crippen molar-refractivity contribution in [3.8, 4) is 5.75 Å². The molecule has 0 unspecified atom stereocenters. The highest BCUT2D eigenvalue weighted by atomic mass is 32.2. The van der Waals surface area contributed by atoms with Crippen LogP contribution in [0, 0.1) is 6.92 Å². The fraction of sp³-hybridized carbons (Fsp3) is 0.333. The Labute approximate surface area is 183 Å². The SMILES string of the molecule is COc1cc(C)c(C=C2SC(=S)N(CCCc3ccccc3)C2=O)cc1C(C)C. The molecule has 2 aromatic rings. The number of thiocarbonyl (C=S) groups is 1. The number of hydrogen-bond acceptors (Lipinski definition) is 4. The smallest absolute Gasteiger partial charge is 0.266 e. The average molecular weight is 426 g/mol. The molecule has 0 atom stereocenters. The molecular formula is C24H27NO2S2. The van der Waals surface area contributed by atoms with Crippen molar-refractivity contribution in [2.75, 3.05) is 13.7 Å². The minimum absolute atomic E-state index is 0.00868. The predicted molar refractivity (Wildman–Crippen MR) is 126 cm³/mol. The van der Waals surface area contributed by atoms with Crippen LogP contribution in [0.4, 0.5) is 0 Å². The Morgan fingerprint density at radius 3 is 2.59 bits per heavy atom. The van der Waals surface area contributed by atoms with E-state index >= 15 is 0 Å². The third-order valence-corrected chi connectivity index (χ3v) is 6.47. The van der Waals surface area contributed by atoms with Crippen LogP contribution in [0.15, 0.2) is 47.4 Å². The van der Waals surface area contributed by atoms with Crippen LogP contribution in [0.25, 0.3) is 6.08 Å². The normalized spacial score (nSPS) is 15.6. The van der Waals surface area contributed by atoms with Gasteiger partial charge in [0.05, 0.1) is 12.0 Å². The van der Waals surface area contributed by atoms with Gasteiger partial charge >= 0.3 is 0 Å². The first-order valence-electron chi connectivity index (χ1n) is 9.88. The van der Waals surface area contributed by atoms with Gasteiger partial charge in [0.2, 0.25) is 0 Å². The molecule has 1 fully saturated rings. The Hall–Kier alpha value is -2.11. The third-order valence-electron chi connectivity index (χ3n) is 5.09. The number of carbonyl (C=O) groups is 1. The summed E-state index contributed by atoms with van der Waals surface area (Å²) in [4.78, 5) is 15.4. The van der Waals surface area contributed by atoms with Crippen LogP contribution >= 0.6 is 24.0 Å². The number of aryl methyl sites for hydroxylation is 2. The molecule has 29 heavy (non-hydrogen) atoms. The maximum absolute atomic E-state index is 12.9. The molecule has 0 radical (unpaired) electrons. The molecule has 3 nitrogen and oxygen atoms in total. The Bertz CT molecular complexity index is 935. The third kappa shape index (κ3) is 5.09. The summed E-state index contributed by atoms with van der Waals surface area (Å²) in [7, 11) is 1.70. The molecule has 152 valence electrons. The number of amides is 1. The van der Waals surface area contributed by atoms with Crippen molar-refractivity contribution in [1.82, 2.24) is 4.90 Å². The minimum Gasteiger partial charge on any atom is -0.496 e. The average Bonchev–Trinajstić information content (AvgIpc) is 2.97. The zero-order valence-corrected chi connectivity index (χ0v) is 19.0. The maximum Gasteiger partial charge on any atom is 0.266 e. The van der Waals surface area contributed by atoms with Gasteiger partial charge in [0, 0.05) is 6.54 Å². The molecule has 0 bridgehead atoms. The van der Waals surface area contributed by atoms with E-state index in [1.165, 1.54) is 17.3 Å². The number of carbonyl (C=O) groups excluding carboxylic acids is 1. The summed E-state index contributed by atoms with van der Waals surface area (Å²) in [5.41, 5.74) is 4.55. The van der Waals surface area contributed by atoms with E-state index in [4.69, 9.17) is 17.0 Å². The highest BCUT2D eigenvalue weighted by molar-refractivity contribution is 8.26. The van der Waals surface area contributed by atoms with Crippen molar-refractivity contribution in [1.29, 1.82) is 0 Å². The molecule has 0 N–H and O–H groups in total. The Balaban J connectivity index is 1.75.